The fourth-order valence-corrected chi connectivity index (χ4v) is 4.15. The number of para-hydroxylation sites is 1. The van der Waals surface area contributed by atoms with Gasteiger partial charge in [-0.15, -0.1) is 10.2 Å². The van der Waals surface area contributed by atoms with Crippen molar-refractivity contribution in [3.63, 3.8) is 0 Å². The minimum Gasteiger partial charge on any atom is -0.496 e. The first-order valence-corrected chi connectivity index (χ1v) is 11.0. The number of rotatable bonds is 8. The van der Waals surface area contributed by atoms with Crippen molar-refractivity contribution >= 4 is 17.5 Å². The second kappa shape index (κ2) is 9.40. The highest BCUT2D eigenvalue weighted by Gasteiger charge is 2.18. The van der Waals surface area contributed by atoms with Crippen LogP contribution in [-0.4, -0.2) is 33.4 Å². The molecule has 0 saturated heterocycles. The summed E-state index contributed by atoms with van der Waals surface area (Å²) in [5.41, 5.74) is 4.16. The monoisotopic (exact) mass is 451 g/mol. The Morgan fingerprint density at radius 3 is 2.62 bits per heavy atom. The fourth-order valence-electron chi connectivity index (χ4n) is 3.50. The molecule has 0 N–H and O–H groups in total. The van der Waals surface area contributed by atoms with E-state index in [1.165, 1.54) is 23.9 Å². The van der Waals surface area contributed by atoms with Crippen molar-refractivity contribution in [2.75, 3.05) is 12.9 Å². The molecule has 0 unspecified atom stereocenters. The van der Waals surface area contributed by atoms with Crippen molar-refractivity contribution in [2.45, 2.75) is 25.6 Å². The lowest BCUT2D eigenvalue weighted by Crippen LogP contribution is -2.07. The minimum absolute atomic E-state index is 0.0227. The molecular formula is C24H22FN3O3S. The maximum Gasteiger partial charge on any atom is 0.277 e. The lowest BCUT2D eigenvalue weighted by molar-refractivity contribution is 0.102. The quantitative estimate of drug-likeness (QED) is 0.267. The van der Waals surface area contributed by atoms with Crippen molar-refractivity contribution in [1.82, 2.24) is 14.8 Å². The van der Waals surface area contributed by atoms with Gasteiger partial charge in [-0.25, -0.2) is 4.39 Å². The maximum atomic E-state index is 13.2. The van der Waals surface area contributed by atoms with Gasteiger partial charge < -0.3 is 13.7 Å². The molecule has 0 aliphatic carbocycles. The smallest absolute Gasteiger partial charge is 0.277 e. The van der Waals surface area contributed by atoms with Gasteiger partial charge in [0.2, 0.25) is 0 Å². The topological polar surface area (TPSA) is 70.2 Å². The predicted molar refractivity (Wildman–Crippen MR) is 121 cm³/mol. The molecular weight excluding hydrogens is 429 g/mol. The molecule has 0 aliphatic heterocycles. The Hall–Kier alpha value is -3.39. The average Bonchev–Trinajstić information content (AvgIpc) is 3.39. The number of aryl methyl sites for hydroxylation is 1. The minimum atomic E-state index is -0.266. The normalized spacial score (nSPS) is 11.0. The summed E-state index contributed by atoms with van der Waals surface area (Å²) in [4.78, 5) is 12.9. The van der Waals surface area contributed by atoms with E-state index in [4.69, 9.17) is 9.15 Å². The summed E-state index contributed by atoms with van der Waals surface area (Å²) in [6, 6.07) is 15.6. The molecule has 0 atom stereocenters. The van der Waals surface area contributed by atoms with Gasteiger partial charge in [0.15, 0.2) is 5.78 Å². The van der Waals surface area contributed by atoms with Crippen molar-refractivity contribution in [2.24, 2.45) is 0 Å². The van der Waals surface area contributed by atoms with Gasteiger partial charge >= 0.3 is 0 Å². The van der Waals surface area contributed by atoms with Gasteiger partial charge in [-0.3, -0.25) is 4.79 Å². The van der Waals surface area contributed by atoms with E-state index in [0.29, 0.717) is 34.5 Å². The Labute approximate surface area is 189 Å². The molecule has 4 rings (SSSR count). The summed E-state index contributed by atoms with van der Waals surface area (Å²) in [7, 11) is 1.58. The molecule has 0 amide bonds. The Morgan fingerprint density at radius 1 is 1.12 bits per heavy atom. The van der Waals surface area contributed by atoms with Crippen LogP contribution < -0.4 is 4.74 Å². The Balaban J connectivity index is 1.45. The molecule has 2 aromatic carbocycles. The van der Waals surface area contributed by atoms with Gasteiger partial charge in [-0.2, -0.15) is 0 Å². The van der Waals surface area contributed by atoms with Gasteiger partial charge in [0, 0.05) is 23.5 Å². The number of thioether (sulfide) groups is 1. The number of benzene rings is 2. The van der Waals surface area contributed by atoms with Crippen LogP contribution in [0, 0.1) is 19.7 Å². The Bertz CT molecular complexity index is 1250. The molecule has 32 heavy (non-hydrogen) atoms. The molecule has 0 aliphatic rings. The van der Waals surface area contributed by atoms with Gasteiger partial charge in [0.05, 0.1) is 18.4 Å². The number of carbonyl (C=O) groups excluding carboxylic acids is 1. The van der Waals surface area contributed by atoms with Crippen molar-refractivity contribution < 1.29 is 18.3 Å². The fraction of sp³-hybridized carbons (Fsp3) is 0.208. The van der Waals surface area contributed by atoms with E-state index < -0.39 is 0 Å². The van der Waals surface area contributed by atoms with E-state index in [2.05, 4.69) is 14.8 Å². The standard InChI is InChI=1S/C24H22FN3O3S/c1-15-12-20(16(2)28(15)13-17-8-10-18(25)11-9-17)21(29)14-32-24-27-26-23(31-24)19-6-4-5-7-22(19)30-3/h4-12H,13-14H2,1-3H3. The summed E-state index contributed by atoms with van der Waals surface area (Å²) in [6.45, 7) is 4.45. The van der Waals surface area contributed by atoms with Crippen molar-refractivity contribution in [3.05, 3.63) is 82.9 Å². The first-order chi connectivity index (χ1) is 15.5. The van der Waals surface area contributed by atoms with Crippen LogP contribution in [0.1, 0.15) is 27.3 Å². The van der Waals surface area contributed by atoms with E-state index in [-0.39, 0.29) is 17.4 Å². The van der Waals surface area contributed by atoms with Crippen LogP contribution in [0.3, 0.4) is 0 Å². The number of hydrogen-bond donors (Lipinski definition) is 0. The number of halogens is 1. The van der Waals surface area contributed by atoms with E-state index in [1.54, 1.807) is 19.2 Å². The summed E-state index contributed by atoms with van der Waals surface area (Å²) in [5, 5.41) is 8.44. The van der Waals surface area contributed by atoms with Gasteiger partial charge in [-0.05, 0) is 49.7 Å². The maximum absolute atomic E-state index is 13.2. The number of ketones is 1. The highest BCUT2D eigenvalue weighted by molar-refractivity contribution is 7.99. The molecule has 2 aromatic heterocycles. The first-order valence-electron chi connectivity index (χ1n) is 10.0. The van der Waals surface area contributed by atoms with Crippen LogP contribution >= 0.6 is 11.8 Å². The van der Waals surface area contributed by atoms with Crippen LogP contribution in [0.2, 0.25) is 0 Å². The predicted octanol–water partition coefficient (Wildman–Crippen LogP) is 5.33. The molecule has 0 bridgehead atoms. The average molecular weight is 452 g/mol. The molecule has 164 valence electrons. The molecule has 0 spiro atoms. The number of nitrogens with zero attached hydrogens (tertiary/aromatic N) is 3. The largest absolute Gasteiger partial charge is 0.496 e. The van der Waals surface area contributed by atoms with Crippen LogP contribution in [0.25, 0.3) is 11.5 Å². The van der Waals surface area contributed by atoms with Crippen molar-refractivity contribution in [1.29, 1.82) is 0 Å². The van der Waals surface area contributed by atoms with Crippen LogP contribution in [0.5, 0.6) is 5.75 Å². The molecule has 0 radical (unpaired) electrons. The number of carbonyl (C=O) groups is 1. The zero-order valence-corrected chi connectivity index (χ0v) is 18.8. The lowest BCUT2D eigenvalue weighted by Gasteiger charge is -2.10. The Kier molecular flexibility index (Phi) is 6.41. The van der Waals surface area contributed by atoms with E-state index in [1.807, 2.05) is 44.2 Å². The molecule has 4 aromatic rings. The number of hydrogen-bond acceptors (Lipinski definition) is 6. The summed E-state index contributed by atoms with van der Waals surface area (Å²) < 4.78 is 26.3. The third-order valence-corrected chi connectivity index (χ3v) is 6.02. The van der Waals surface area contributed by atoms with Crippen molar-refractivity contribution in [3.8, 4) is 17.2 Å². The molecule has 0 fully saturated rings. The molecule has 6 nitrogen and oxygen atoms in total. The van der Waals surface area contributed by atoms with Crippen LogP contribution in [-0.2, 0) is 6.54 Å². The first kappa shape index (κ1) is 21.8. The highest BCUT2D eigenvalue weighted by atomic mass is 32.2. The van der Waals surface area contributed by atoms with E-state index in [9.17, 15) is 9.18 Å². The third-order valence-electron chi connectivity index (χ3n) is 5.20. The summed E-state index contributed by atoms with van der Waals surface area (Å²) in [5.74, 6) is 0.865. The summed E-state index contributed by atoms with van der Waals surface area (Å²) >= 11 is 1.20. The molecule has 2 heterocycles. The van der Waals surface area contributed by atoms with Gasteiger partial charge in [0.25, 0.3) is 11.1 Å². The zero-order valence-electron chi connectivity index (χ0n) is 18.0. The van der Waals surface area contributed by atoms with Crippen LogP contribution in [0.15, 0.2) is 64.2 Å². The van der Waals surface area contributed by atoms with E-state index >= 15 is 0 Å². The Morgan fingerprint density at radius 2 is 1.88 bits per heavy atom. The highest BCUT2D eigenvalue weighted by Crippen LogP contribution is 2.30. The number of aromatic nitrogens is 3. The van der Waals surface area contributed by atoms with Crippen LogP contribution in [0.4, 0.5) is 4.39 Å². The zero-order chi connectivity index (χ0) is 22.7. The number of methoxy groups -OCH3 is 1. The van der Waals surface area contributed by atoms with Gasteiger partial charge in [-0.1, -0.05) is 36.0 Å². The number of Topliss-reactive ketones (excluding diaryl/α,β-unsaturated/α-hetero) is 1. The second-order valence-electron chi connectivity index (χ2n) is 7.28. The van der Waals surface area contributed by atoms with E-state index in [0.717, 1.165) is 17.0 Å². The molecule has 8 heteroatoms. The van der Waals surface area contributed by atoms with Gasteiger partial charge in [0.1, 0.15) is 11.6 Å². The number of ether oxygens (including phenoxy) is 1. The lowest BCUT2D eigenvalue weighted by atomic mass is 10.2. The SMILES string of the molecule is COc1ccccc1-c1nnc(SCC(=O)c2cc(C)n(Cc3ccc(F)cc3)c2C)o1. The molecule has 0 saturated carbocycles. The third kappa shape index (κ3) is 4.60. The summed E-state index contributed by atoms with van der Waals surface area (Å²) in [6.07, 6.45) is 0. The second-order valence-corrected chi connectivity index (χ2v) is 8.21.